The van der Waals surface area contributed by atoms with E-state index in [-0.39, 0.29) is 5.56 Å². The van der Waals surface area contributed by atoms with Gasteiger partial charge in [-0.2, -0.15) is 4.98 Å². The monoisotopic (exact) mass is 362 g/mol. The fraction of sp³-hybridized carbons (Fsp3) is 0.143. The lowest BCUT2D eigenvalue weighted by molar-refractivity contribution is 0.426. The summed E-state index contributed by atoms with van der Waals surface area (Å²) in [6.07, 6.45) is 0. The molecule has 0 saturated carbocycles. The highest BCUT2D eigenvalue weighted by molar-refractivity contribution is 7.98. The Bertz CT molecular complexity index is 1020. The van der Waals surface area contributed by atoms with Gasteiger partial charge in [0.05, 0.1) is 16.1 Å². The maximum Gasteiger partial charge on any atom is 0.271 e. The summed E-state index contributed by atoms with van der Waals surface area (Å²) in [5, 5.41) is 8.46. The molecule has 0 bridgehead atoms. The minimum Gasteiger partial charge on any atom is -0.333 e. The summed E-state index contributed by atoms with van der Waals surface area (Å²) < 4.78 is 7.49. The van der Waals surface area contributed by atoms with Gasteiger partial charge in [-0.15, -0.1) is 22.7 Å². The molecule has 9 heteroatoms. The van der Waals surface area contributed by atoms with Crippen LogP contribution in [0, 0.1) is 0 Å². The number of rotatable bonds is 4. The largest absolute Gasteiger partial charge is 0.333 e. The van der Waals surface area contributed by atoms with Crippen LogP contribution in [0.3, 0.4) is 0 Å². The highest BCUT2D eigenvalue weighted by Crippen LogP contribution is 2.25. The molecule has 0 fully saturated rings. The lowest BCUT2D eigenvalue weighted by Gasteiger charge is -2.05. The standard InChI is InChI=1S/C14H10N4O2S3/c1-18-13(19)11-8(4-6-22-11)15-14(18)23-7-10-16-12(20-17-10)9-3-2-5-21-9/h2-6H,7H2,1H3. The number of hydrogen-bond acceptors (Lipinski definition) is 8. The molecule has 4 aromatic rings. The Morgan fingerprint density at radius 1 is 1.26 bits per heavy atom. The zero-order valence-corrected chi connectivity index (χ0v) is 14.4. The Hall–Kier alpha value is -1.97. The van der Waals surface area contributed by atoms with Crippen molar-refractivity contribution in [2.45, 2.75) is 10.9 Å². The third-order valence-corrected chi connectivity index (χ3v) is 5.95. The summed E-state index contributed by atoms with van der Waals surface area (Å²) in [5.41, 5.74) is 0.702. The van der Waals surface area contributed by atoms with Gasteiger partial charge in [-0.05, 0) is 22.9 Å². The summed E-state index contributed by atoms with van der Waals surface area (Å²) >= 11 is 4.38. The fourth-order valence-electron chi connectivity index (χ4n) is 2.04. The third kappa shape index (κ3) is 2.71. The van der Waals surface area contributed by atoms with Gasteiger partial charge in [0, 0.05) is 7.05 Å². The van der Waals surface area contributed by atoms with Crippen LogP contribution in [0.5, 0.6) is 0 Å². The van der Waals surface area contributed by atoms with Crippen LogP contribution >= 0.6 is 34.4 Å². The first-order valence-corrected chi connectivity index (χ1v) is 9.40. The molecule has 116 valence electrons. The highest BCUT2D eigenvalue weighted by atomic mass is 32.2. The lowest BCUT2D eigenvalue weighted by atomic mass is 10.5. The Labute approximate surface area is 142 Å². The molecule has 0 radical (unpaired) electrons. The van der Waals surface area contributed by atoms with Crippen LogP contribution in [-0.4, -0.2) is 19.7 Å². The van der Waals surface area contributed by atoms with E-state index in [1.807, 2.05) is 29.0 Å². The number of hydrogen-bond donors (Lipinski definition) is 0. The molecule has 0 N–H and O–H groups in total. The van der Waals surface area contributed by atoms with Crippen molar-refractivity contribution >= 4 is 44.7 Å². The van der Waals surface area contributed by atoms with Crippen molar-refractivity contribution in [2.24, 2.45) is 7.05 Å². The molecule has 0 aliphatic heterocycles. The predicted molar refractivity (Wildman–Crippen MR) is 92.0 cm³/mol. The van der Waals surface area contributed by atoms with Crippen molar-refractivity contribution in [3.63, 3.8) is 0 Å². The third-order valence-electron chi connectivity index (χ3n) is 3.18. The highest BCUT2D eigenvalue weighted by Gasteiger charge is 2.13. The number of aromatic nitrogens is 4. The minimum atomic E-state index is -0.0279. The number of nitrogens with zero attached hydrogens (tertiary/aromatic N) is 4. The predicted octanol–water partition coefficient (Wildman–Crippen LogP) is 3.40. The topological polar surface area (TPSA) is 73.8 Å². The fourth-order valence-corrected chi connectivity index (χ4v) is 4.30. The van der Waals surface area contributed by atoms with Crippen molar-refractivity contribution in [2.75, 3.05) is 0 Å². The van der Waals surface area contributed by atoms with Gasteiger partial charge >= 0.3 is 0 Å². The molecular formula is C14H10N4O2S3. The van der Waals surface area contributed by atoms with E-state index < -0.39 is 0 Å². The van der Waals surface area contributed by atoms with E-state index in [4.69, 9.17) is 4.52 Å². The molecule has 0 aliphatic rings. The first-order chi connectivity index (χ1) is 11.2. The van der Waals surface area contributed by atoms with Gasteiger partial charge in [-0.3, -0.25) is 9.36 Å². The van der Waals surface area contributed by atoms with Crippen LogP contribution in [0.1, 0.15) is 5.82 Å². The second-order valence-electron chi connectivity index (χ2n) is 4.68. The average molecular weight is 362 g/mol. The van der Waals surface area contributed by atoms with E-state index in [2.05, 4.69) is 15.1 Å². The number of fused-ring (bicyclic) bond motifs is 1. The summed E-state index contributed by atoms with van der Waals surface area (Å²) in [5.74, 6) is 1.59. The molecule has 0 unspecified atom stereocenters. The lowest BCUT2D eigenvalue weighted by Crippen LogP contribution is -2.18. The second-order valence-corrected chi connectivity index (χ2v) is 7.48. The van der Waals surface area contributed by atoms with Gasteiger partial charge in [0.15, 0.2) is 11.0 Å². The first kappa shape index (κ1) is 14.6. The summed E-state index contributed by atoms with van der Waals surface area (Å²) in [4.78, 5) is 22.1. The molecule has 0 amide bonds. The average Bonchev–Trinajstić information content (AvgIpc) is 3.29. The molecule has 0 spiro atoms. The molecule has 6 nitrogen and oxygen atoms in total. The van der Waals surface area contributed by atoms with Gasteiger partial charge in [-0.25, -0.2) is 4.98 Å². The summed E-state index contributed by atoms with van der Waals surface area (Å²) in [6, 6.07) is 5.73. The maximum absolute atomic E-state index is 12.3. The molecule has 4 heterocycles. The van der Waals surface area contributed by atoms with Crippen molar-refractivity contribution in [3.05, 3.63) is 45.1 Å². The summed E-state index contributed by atoms with van der Waals surface area (Å²) in [6.45, 7) is 0. The van der Waals surface area contributed by atoms with Gasteiger partial charge in [0.2, 0.25) is 0 Å². The van der Waals surface area contributed by atoms with Crippen molar-refractivity contribution in [1.82, 2.24) is 19.7 Å². The van der Waals surface area contributed by atoms with Gasteiger partial charge in [-0.1, -0.05) is 23.0 Å². The molecule has 0 aromatic carbocycles. The van der Waals surface area contributed by atoms with E-state index in [1.165, 1.54) is 23.1 Å². The normalized spacial score (nSPS) is 11.3. The van der Waals surface area contributed by atoms with Crippen molar-refractivity contribution < 1.29 is 4.52 Å². The van der Waals surface area contributed by atoms with E-state index in [1.54, 1.807) is 23.0 Å². The van der Waals surface area contributed by atoms with Crippen LogP contribution in [-0.2, 0) is 12.8 Å². The molecule has 0 atom stereocenters. The van der Waals surface area contributed by atoms with Crippen molar-refractivity contribution in [3.8, 4) is 10.8 Å². The quantitative estimate of drug-likeness (QED) is 0.409. The van der Waals surface area contributed by atoms with Crippen molar-refractivity contribution in [1.29, 1.82) is 0 Å². The molecule has 0 saturated heterocycles. The Balaban J connectivity index is 1.57. The molecular weight excluding hydrogens is 352 g/mol. The molecule has 23 heavy (non-hydrogen) atoms. The van der Waals surface area contributed by atoms with E-state index in [0.29, 0.717) is 27.3 Å². The van der Waals surface area contributed by atoms with E-state index in [0.717, 1.165) is 10.4 Å². The number of thioether (sulfide) groups is 1. The SMILES string of the molecule is Cn1c(SCc2noc(-c3cccs3)n2)nc2ccsc2c1=O. The molecule has 4 rings (SSSR count). The number of thiophene rings is 2. The summed E-state index contributed by atoms with van der Waals surface area (Å²) in [7, 11) is 1.73. The Morgan fingerprint density at radius 2 is 2.17 bits per heavy atom. The Kier molecular flexibility index (Phi) is 3.76. The zero-order valence-electron chi connectivity index (χ0n) is 11.9. The van der Waals surface area contributed by atoms with Gasteiger partial charge in [0.1, 0.15) is 4.70 Å². The molecule has 0 aliphatic carbocycles. The second kappa shape index (κ2) is 5.91. The Morgan fingerprint density at radius 3 is 3.00 bits per heavy atom. The molecule has 4 aromatic heterocycles. The van der Waals surface area contributed by atoms with Gasteiger partial charge in [0.25, 0.3) is 11.4 Å². The zero-order chi connectivity index (χ0) is 15.8. The van der Waals surface area contributed by atoms with Crippen LogP contribution in [0.25, 0.3) is 21.0 Å². The smallest absolute Gasteiger partial charge is 0.271 e. The van der Waals surface area contributed by atoms with E-state index in [9.17, 15) is 4.79 Å². The van der Waals surface area contributed by atoms with Crippen LogP contribution in [0.2, 0.25) is 0 Å². The van der Waals surface area contributed by atoms with Crippen LogP contribution in [0.15, 0.2) is 43.4 Å². The van der Waals surface area contributed by atoms with E-state index >= 15 is 0 Å². The maximum atomic E-state index is 12.3. The van der Waals surface area contributed by atoms with Crippen LogP contribution < -0.4 is 5.56 Å². The van der Waals surface area contributed by atoms with Gasteiger partial charge < -0.3 is 4.52 Å². The minimum absolute atomic E-state index is 0.0279. The first-order valence-electron chi connectivity index (χ1n) is 6.66. The van der Waals surface area contributed by atoms with Crippen LogP contribution in [0.4, 0.5) is 0 Å².